The number of hydrogen-bond acceptors (Lipinski definition) is 4. The predicted molar refractivity (Wildman–Crippen MR) is 72.1 cm³/mol. The highest BCUT2D eigenvalue weighted by molar-refractivity contribution is 5.80. The summed E-state index contributed by atoms with van der Waals surface area (Å²) in [6.07, 6.45) is 3.40. The molecule has 1 fully saturated rings. The number of nitrogens with one attached hydrogen (secondary N) is 1. The molecule has 0 aromatic carbocycles. The van der Waals surface area contributed by atoms with E-state index >= 15 is 0 Å². The summed E-state index contributed by atoms with van der Waals surface area (Å²) in [4.78, 5) is 11.3. The van der Waals surface area contributed by atoms with E-state index in [1.165, 1.54) is 0 Å². The van der Waals surface area contributed by atoms with Crippen LogP contribution < -0.4 is 15.8 Å². The molecule has 106 valence electrons. The van der Waals surface area contributed by atoms with Gasteiger partial charge in [-0.3, -0.25) is 9.48 Å². The van der Waals surface area contributed by atoms with E-state index in [1.807, 2.05) is 4.68 Å². The van der Waals surface area contributed by atoms with Crippen LogP contribution in [0.3, 0.4) is 0 Å². The fourth-order valence-corrected chi connectivity index (χ4v) is 2.70. The van der Waals surface area contributed by atoms with Gasteiger partial charge in [-0.15, -0.1) is 0 Å². The van der Waals surface area contributed by atoms with Gasteiger partial charge in [0.2, 0.25) is 5.91 Å². The molecule has 0 saturated carbocycles. The minimum atomic E-state index is -0.292. The lowest BCUT2D eigenvalue weighted by Gasteiger charge is -2.29. The molecule has 0 aliphatic carbocycles. The Kier molecular flexibility index (Phi) is 4.09. The molecule has 1 saturated heterocycles. The van der Waals surface area contributed by atoms with Crippen molar-refractivity contribution in [3.05, 3.63) is 11.9 Å². The van der Waals surface area contributed by atoms with E-state index < -0.39 is 0 Å². The normalized spacial score (nSPS) is 23.6. The standard InChI is InChI=1S/C13H22N4O2/c1-8(2)17-12(11(19-3)7-16-17)9-4-5-15-10(6-9)13(14)18/h7-10,15H,4-6H2,1-3H3,(H2,14,18). The van der Waals surface area contributed by atoms with Crippen LogP contribution in [-0.2, 0) is 4.79 Å². The summed E-state index contributed by atoms with van der Waals surface area (Å²) in [5.41, 5.74) is 6.47. The van der Waals surface area contributed by atoms with Crippen LogP contribution in [0.2, 0.25) is 0 Å². The maximum absolute atomic E-state index is 11.3. The molecule has 0 bridgehead atoms. The zero-order valence-electron chi connectivity index (χ0n) is 11.7. The number of rotatable bonds is 4. The van der Waals surface area contributed by atoms with Gasteiger partial charge in [0.1, 0.15) is 0 Å². The molecule has 2 unspecified atom stereocenters. The van der Waals surface area contributed by atoms with Crippen molar-refractivity contribution in [3.63, 3.8) is 0 Å². The lowest BCUT2D eigenvalue weighted by atomic mass is 9.89. The van der Waals surface area contributed by atoms with Gasteiger partial charge in [0, 0.05) is 12.0 Å². The van der Waals surface area contributed by atoms with Crippen LogP contribution in [0.4, 0.5) is 0 Å². The molecule has 19 heavy (non-hydrogen) atoms. The second kappa shape index (κ2) is 5.61. The summed E-state index contributed by atoms with van der Waals surface area (Å²) in [5, 5.41) is 7.54. The number of ether oxygens (including phenoxy) is 1. The van der Waals surface area contributed by atoms with Gasteiger partial charge in [-0.2, -0.15) is 5.10 Å². The fraction of sp³-hybridized carbons (Fsp3) is 0.692. The summed E-state index contributed by atoms with van der Waals surface area (Å²) in [7, 11) is 1.65. The Balaban J connectivity index is 2.29. The minimum absolute atomic E-state index is 0.249. The number of amides is 1. The number of carbonyl (C=O) groups is 1. The molecule has 2 atom stereocenters. The van der Waals surface area contributed by atoms with Crippen molar-refractivity contribution in [1.82, 2.24) is 15.1 Å². The van der Waals surface area contributed by atoms with Gasteiger partial charge in [0.05, 0.1) is 25.0 Å². The molecule has 0 radical (unpaired) electrons. The lowest BCUT2D eigenvalue weighted by molar-refractivity contribution is -0.120. The first kappa shape index (κ1) is 13.9. The molecular weight excluding hydrogens is 244 g/mol. The third-order valence-corrected chi connectivity index (χ3v) is 3.64. The number of nitrogens with two attached hydrogens (primary N) is 1. The van der Waals surface area contributed by atoms with Gasteiger partial charge in [-0.05, 0) is 33.2 Å². The fourth-order valence-electron chi connectivity index (χ4n) is 2.70. The molecular formula is C13H22N4O2. The summed E-state index contributed by atoms with van der Waals surface area (Å²) < 4.78 is 7.38. The molecule has 2 heterocycles. The van der Waals surface area contributed by atoms with E-state index in [1.54, 1.807) is 13.3 Å². The van der Waals surface area contributed by atoms with Crippen LogP contribution in [-0.4, -0.2) is 35.4 Å². The third-order valence-electron chi connectivity index (χ3n) is 3.64. The summed E-state index contributed by atoms with van der Waals surface area (Å²) in [5.74, 6) is 0.752. The van der Waals surface area contributed by atoms with E-state index in [0.29, 0.717) is 6.42 Å². The van der Waals surface area contributed by atoms with Crippen LogP contribution in [0.1, 0.15) is 44.3 Å². The second-order valence-corrected chi connectivity index (χ2v) is 5.27. The summed E-state index contributed by atoms with van der Waals surface area (Å²) in [6, 6.07) is -0.000202. The van der Waals surface area contributed by atoms with Gasteiger partial charge in [-0.1, -0.05) is 0 Å². The first-order valence-corrected chi connectivity index (χ1v) is 6.68. The number of hydrogen-bond donors (Lipinski definition) is 2. The highest BCUT2D eigenvalue weighted by Gasteiger charge is 2.31. The number of piperidine rings is 1. The monoisotopic (exact) mass is 266 g/mol. The van der Waals surface area contributed by atoms with E-state index in [-0.39, 0.29) is 23.9 Å². The van der Waals surface area contributed by atoms with Gasteiger partial charge >= 0.3 is 0 Å². The average Bonchev–Trinajstić information content (AvgIpc) is 2.82. The third kappa shape index (κ3) is 2.73. The Morgan fingerprint density at radius 3 is 2.95 bits per heavy atom. The number of methoxy groups -OCH3 is 1. The van der Waals surface area contributed by atoms with E-state index in [2.05, 4.69) is 24.3 Å². The molecule has 1 aromatic heterocycles. The van der Waals surface area contributed by atoms with Crippen molar-refractivity contribution in [1.29, 1.82) is 0 Å². The molecule has 2 rings (SSSR count). The van der Waals surface area contributed by atoms with Gasteiger partial charge in [0.25, 0.3) is 0 Å². The summed E-state index contributed by atoms with van der Waals surface area (Å²) >= 11 is 0. The number of nitrogens with zero attached hydrogens (tertiary/aromatic N) is 2. The van der Waals surface area contributed by atoms with E-state index in [0.717, 1.165) is 24.4 Å². The number of primary amides is 1. The maximum atomic E-state index is 11.3. The maximum Gasteiger partial charge on any atom is 0.234 e. The van der Waals surface area contributed by atoms with Gasteiger partial charge in [0.15, 0.2) is 5.75 Å². The Labute approximate surface area is 113 Å². The van der Waals surface area contributed by atoms with Crippen molar-refractivity contribution in [2.45, 2.75) is 44.7 Å². The number of aromatic nitrogens is 2. The van der Waals surface area contributed by atoms with E-state index in [9.17, 15) is 4.79 Å². The second-order valence-electron chi connectivity index (χ2n) is 5.27. The minimum Gasteiger partial charge on any atom is -0.493 e. The average molecular weight is 266 g/mol. The molecule has 6 heteroatoms. The highest BCUT2D eigenvalue weighted by atomic mass is 16.5. The first-order chi connectivity index (χ1) is 9.04. The Morgan fingerprint density at radius 1 is 1.63 bits per heavy atom. The Bertz CT molecular complexity index is 455. The predicted octanol–water partition coefficient (Wildman–Crippen LogP) is 0.793. The molecule has 1 aromatic rings. The van der Waals surface area contributed by atoms with Crippen molar-refractivity contribution < 1.29 is 9.53 Å². The van der Waals surface area contributed by atoms with Crippen LogP contribution >= 0.6 is 0 Å². The van der Waals surface area contributed by atoms with E-state index in [4.69, 9.17) is 10.5 Å². The quantitative estimate of drug-likeness (QED) is 0.844. The molecule has 0 spiro atoms. The Hall–Kier alpha value is -1.56. The Morgan fingerprint density at radius 2 is 2.37 bits per heavy atom. The van der Waals surface area contributed by atoms with Crippen LogP contribution in [0, 0.1) is 0 Å². The zero-order chi connectivity index (χ0) is 14.0. The van der Waals surface area contributed by atoms with Crippen LogP contribution in [0.15, 0.2) is 6.20 Å². The van der Waals surface area contributed by atoms with Crippen molar-refractivity contribution in [2.75, 3.05) is 13.7 Å². The lowest BCUT2D eigenvalue weighted by Crippen LogP contribution is -2.46. The van der Waals surface area contributed by atoms with Crippen LogP contribution in [0.25, 0.3) is 0 Å². The van der Waals surface area contributed by atoms with Crippen molar-refractivity contribution in [3.8, 4) is 5.75 Å². The van der Waals surface area contributed by atoms with Gasteiger partial charge < -0.3 is 15.8 Å². The molecule has 1 aliphatic heterocycles. The smallest absolute Gasteiger partial charge is 0.234 e. The molecule has 6 nitrogen and oxygen atoms in total. The SMILES string of the molecule is COc1cnn(C(C)C)c1C1CCNC(C(N)=O)C1. The van der Waals surface area contributed by atoms with Gasteiger partial charge in [-0.25, -0.2) is 0 Å². The number of carbonyl (C=O) groups excluding carboxylic acids is 1. The van der Waals surface area contributed by atoms with Crippen LogP contribution in [0.5, 0.6) is 5.75 Å². The zero-order valence-corrected chi connectivity index (χ0v) is 11.7. The summed E-state index contributed by atoms with van der Waals surface area (Å²) in [6.45, 7) is 4.95. The molecule has 3 N–H and O–H groups in total. The molecule has 1 amide bonds. The first-order valence-electron chi connectivity index (χ1n) is 6.68. The van der Waals surface area contributed by atoms with Crippen molar-refractivity contribution >= 4 is 5.91 Å². The van der Waals surface area contributed by atoms with Crippen molar-refractivity contribution in [2.24, 2.45) is 5.73 Å². The molecule has 1 aliphatic rings. The topological polar surface area (TPSA) is 82.2 Å². The largest absolute Gasteiger partial charge is 0.493 e. The highest BCUT2D eigenvalue weighted by Crippen LogP contribution is 2.35.